The van der Waals surface area contributed by atoms with Crippen molar-refractivity contribution in [3.05, 3.63) is 29.6 Å². The minimum atomic E-state index is 0.888. The van der Waals surface area contributed by atoms with Gasteiger partial charge in [-0.25, -0.2) is 0 Å². The summed E-state index contributed by atoms with van der Waals surface area (Å²) in [4.78, 5) is 9.97. The molecule has 0 radical (unpaired) electrons. The fourth-order valence-corrected chi connectivity index (χ4v) is 3.81. The third-order valence-corrected chi connectivity index (χ3v) is 5.13. The number of hydrogen-bond acceptors (Lipinski definition) is 3. The third-order valence-electron chi connectivity index (χ3n) is 5.13. The fraction of sp³-hybridized carbons (Fsp3) is 0.722. The second-order valence-corrected chi connectivity index (χ2v) is 6.69. The van der Waals surface area contributed by atoms with E-state index in [1.807, 2.05) is 0 Å². The molecule has 0 spiro atoms. The van der Waals surface area contributed by atoms with Crippen molar-refractivity contribution in [1.82, 2.24) is 14.8 Å². The zero-order chi connectivity index (χ0) is 14.5. The normalized spacial score (nSPS) is 22.5. The summed E-state index contributed by atoms with van der Waals surface area (Å²) in [5.41, 5.74) is 2.37. The molecular formula is C18H29N3. The lowest BCUT2D eigenvalue weighted by Crippen LogP contribution is -2.51. The molecule has 0 unspecified atom stereocenters. The van der Waals surface area contributed by atoms with Gasteiger partial charge in [-0.15, -0.1) is 0 Å². The summed E-state index contributed by atoms with van der Waals surface area (Å²) in [6, 6.07) is 7.25. The van der Waals surface area contributed by atoms with Crippen LogP contribution in [-0.4, -0.2) is 53.5 Å². The smallest absolute Gasteiger partial charge is 0.0419 e. The monoisotopic (exact) mass is 287 g/mol. The summed E-state index contributed by atoms with van der Waals surface area (Å²) in [6.07, 6.45) is 8.32. The number of aryl methyl sites for hydroxylation is 1. The highest BCUT2D eigenvalue weighted by Gasteiger charge is 2.24. The molecule has 1 aromatic rings. The quantitative estimate of drug-likeness (QED) is 0.849. The van der Waals surface area contributed by atoms with E-state index in [1.165, 1.54) is 64.0 Å². The third kappa shape index (κ3) is 4.27. The maximum atomic E-state index is 4.61. The molecule has 116 valence electrons. The highest BCUT2D eigenvalue weighted by molar-refractivity contribution is 5.10. The van der Waals surface area contributed by atoms with Crippen molar-refractivity contribution in [3.63, 3.8) is 0 Å². The van der Waals surface area contributed by atoms with E-state index in [0.717, 1.165) is 24.7 Å². The van der Waals surface area contributed by atoms with Crippen LogP contribution in [0.4, 0.5) is 0 Å². The predicted molar refractivity (Wildman–Crippen MR) is 87.6 cm³/mol. The Hall–Kier alpha value is -0.930. The lowest BCUT2D eigenvalue weighted by atomic mass is 9.94. The minimum absolute atomic E-state index is 0.888. The average molecular weight is 287 g/mol. The van der Waals surface area contributed by atoms with Gasteiger partial charge >= 0.3 is 0 Å². The molecule has 0 aromatic carbocycles. The first-order chi connectivity index (χ1) is 10.3. The molecule has 21 heavy (non-hydrogen) atoms. The molecule has 3 rings (SSSR count). The van der Waals surface area contributed by atoms with E-state index in [4.69, 9.17) is 0 Å². The Balaban J connectivity index is 1.41. The van der Waals surface area contributed by atoms with Crippen LogP contribution in [0.1, 0.15) is 43.5 Å². The number of aromatic nitrogens is 1. The first-order valence-electron chi connectivity index (χ1n) is 8.70. The molecule has 1 saturated carbocycles. The van der Waals surface area contributed by atoms with Gasteiger partial charge in [0.2, 0.25) is 0 Å². The van der Waals surface area contributed by atoms with Gasteiger partial charge in [0, 0.05) is 56.6 Å². The molecule has 3 heteroatoms. The molecule has 0 amide bonds. The molecule has 2 heterocycles. The van der Waals surface area contributed by atoms with Gasteiger partial charge in [0.25, 0.3) is 0 Å². The van der Waals surface area contributed by atoms with Crippen molar-refractivity contribution >= 4 is 0 Å². The molecule has 2 fully saturated rings. The van der Waals surface area contributed by atoms with E-state index in [2.05, 4.69) is 39.9 Å². The highest BCUT2D eigenvalue weighted by Crippen LogP contribution is 2.23. The van der Waals surface area contributed by atoms with Crippen LogP contribution in [0.3, 0.4) is 0 Å². The van der Waals surface area contributed by atoms with Crippen molar-refractivity contribution in [2.75, 3.05) is 32.7 Å². The first-order valence-corrected chi connectivity index (χ1v) is 8.70. The van der Waals surface area contributed by atoms with Gasteiger partial charge in [-0.05, 0) is 31.9 Å². The van der Waals surface area contributed by atoms with Crippen LogP contribution < -0.4 is 0 Å². The second-order valence-electron chi connectivity index (χ2n) is 6.69. The molecular weight excluding hydrogens is 258 g/mol. The van der Waals surface area contributed by atoms with Gasteiger partial charge in [-0.2, -0.15) is 0 Å². The van der Waals surface area contributed by atoms with Crippen molar-refractivity contribution < 1.29 is 0 Å². The summed E-state index contributed by atoms with van der Waals surface area (Å²) in [7, 11) is 0. The SMILES string of the molecule is Cc1cccc(CCN2CCN(C3CCCCC3)CC2)n1. The lowest BCUT2D eigenvalue weighted by Gasteiger charge is -2.40. The Kier molecular flexibility index (Phi) is 5.26. The van der Waals surface area contributed by atoms with Gasteiger partial charge in [0.1, 0.15) is 0 Å². The second kappa shape index (κ2) is 7.37. The van der Waals surface area contributed by atoms with Crippen molar-refractivity contribution in [3.8, 4) is 0 Å². The molecule has 3 nitrogen and oxygen atoms in total. The zero-order valence-corrected chi connectivity index (χ0v) is 13.4. The zero-order valence-electron chi connectivity index (χ0n) is 13.4. The molecule has 1 aliphatic carbocycles. The molecule has 1 aromatic heterocycles. The maximum Gasteiger partial charge on any atom is 0.0419 e. The standard InChI is InChI=1S/C18H29N3/c1-16-6-5-7-17(19-16)10-11-20-12-14-21(15-13-20)18-8-3-2-4-9-18/h5-7,18H,2-4,8-15H2,1H3. The lowest BCUT2D eigenvalue weighted by molar-refractivity contribution is 0.0795. The molecule has 0 atom stereocenters. The minimum Gasteiger partial charge on any atom is -0.300 e. The van der Waals surface area contributed by atoms with Crippen LogP contribution >= 0.6 is 0 Å². The Morgan fingerprint density at radius 1 is 1.05 bits per heavy atom. The van der Waals surface area contributed by atoms with E-state index in [9.17, 15) is 0 Å². The summed E-state index contributed by atoms with van der Waals surface area (Å²) in [6.45, 7) is 8.25. The summed E-state index contributed by atoms with van der Waals surface area (Å²) in [5, 5.41) is 0. The Bertz CT molecular complexity index is 432. The van der Waals surface area contributed by atoms with Gasteiger partial charge < -0.3 is 4.90 Å². The van der Waals surface area contributed by atoms with Crippen LogP contribution in [0.25, 0.3) is 0 Å². The number of rotatable bonds is 4. The largest absolute Gasteiger partial charge is 0.300 e. The summed E-state index contributed by atoms with van der Waals surface area (Å²) in [5.74, 6) is 0. The van der Waals surface area contributed by atoms with Crippen molar-refractivity contribution in [2.24, 2.45) is 0 Å². The summed E-state index contributed by atoms with van der Waals surface area (Å²) < 4.78 is 0. The molecule has 1 saturated heterocycles. The van der Waals surface area contributed by atoms with Gasteiger partial charge in [0.15, 0.2) is 0 Å². The predicted octanol–water partition coefficient (Wildman–Crippen LogP) is 2.88. The molecule has 2 aliphatic rings. The Morgan fingerprint density at radius 2 is 1.81 bits per heavy atom. The van der Waals surface area contributed by atoms with Crippen molar-refractivity contribution in [1.29, 1.82) is 0 Å². The topological polar surface area (TPSA) is 19.4 Å². The van der Waals surface area contributed by atoms with Crippen molar-refractivity contribution in [2.45, 2.75) is 51.5 Å². The Labute approximate surface area is 129 Å². The van der Waals surface area contributed by atoms with Crippen LogP contribution in [0, 0.1) is 6.92 Å². The number of nitrogens with zero attached hydrogens (tertiary/aromatic N) is 3. The fourth-order valence-electron chi connectivity index (χ4n) is 3.81. The number of pyridine rings is 1. The van der Waals surface area contributed by atoms with Gasteiger partial charge in [-0.1, -0.05) is 25.3 Å². The van der Waals surface area contributed by atoms with Crippen LogP contribution in [0.5, 0.6) is 0 Å². The Morgan fingerprint density at radius 3 is 2.52 bits per heavy atom. The van der Waals surface area contributed by atoms with Crippen LogP contribution in [-0.2, 0) is 6.42 Å². The molecule has 1 aliphatic heterocycles. The van der Waals surface area contributed by atoms with Gasteiger partial charge in [0.05, 0.1) is 0 Å². The van der Waals surface area contributed by atoms with E-state index < -0.39 is 0 Å². The van der Waals surface area contributed by atoms with Crippen LogP contribution in [0.15, 0.2) is 18.2 Å². The highest BCUT2D eigenvalue weighted by atomic mass is 15.3. The summed E-state index contributed by atoms with van der Waals surface area (Å²) >= 11 is 0. The first kappa shape index (κ1) is 15.0. The average Bonchev–Trinajstić information content (AvgIpc) is 2.54. The van der Waals surface area contributed by atoms with E-state index >= 15 is 0 Å². The molecule has 0 N–H and O–H groups in total. The molecule has 0 bridgehead atoms. The van der Waals surface area contributed by atoms with Crippen LogP contribution in [0.2, 0.25) is 0 Å². The number of piperazine rings is 1. The van der Waals surface area contributed by atoms with Gasteiger partial charge in [-0.3, -0.25) is 9.88 Å². The van der Waals surface area contributed by atoms with E-state index in [1.54, 1.807) is 0 Å². The van der Waals surface area contributed by atoms with E-state index in [0.29, 0.717) is 0 Å². The van der Waals surface area contributed by atoms with E-state index in [-0.39, 0.29) is 0 Å². The number of hydrogen-bond donors (Lipinski definition) is 0. The maximum absolute atomic E-state index is 4.61.